The van der Waals surface area contributed by atoms with Gasteiger partial charge in [-0.1, -0.05) is 0 Å². The van der Waals surface area contributed by atoms with Gasteiger partial charge in [0, 0.05) is 6.54 Å². The van der Waals surface area contributed by atoms with E-state index in [1.54, 1.807) is 7.05 Å². The van der Waals surface area contributed by atoms with E-state index < -0.39 is 11.9 Å². The Kier molecular flexibility index (Phi) is 11.1. The van der Waals surface area contributed by atoms with Crippen molar-refractivity contribution in [2.45, 2.75) is 6.42 Å². The van der Waals surface area contributed by atoms with Crippen LogP contribution in [0, 0.1) is 0 Å². The maximum absolute atomic E-state index is 9.54. The summed E-state index contributed by atoms with van der Waals surface area (Å²) in [5, 5.41) is 18.2. The van der Waals surface area contributed by atoms with Gasteiger partial charge in [-0.25, -0.2) is 0 Å². The van der Waals surface area contributed by atoms with Crippen LogP contribution in [-0.2, 0) is 9.59 Å². The van der Waals surface area contributed by atoms with Crippen LogP contribution in [0.25, 0.3) is 0 Å². The zero-order chi connectivity index (χ0) is 9.98. The molecule has 0 aromatic rings. The Hall–Kier alpha value is -1.14. The molecule has 0 aromatic carbocycles. The number of carbonyl (C=O) groups is 2. The number of hydrogen-bond acceptors (Lipinski definition) is 4. The third-order valence-electron chi connectivity index (χ3n) is 0.686. The van der Waals surface area contributed by atoms with Gasteiger partial charge in [-0.05, 0) is 7.05 Å². The molecule has 6 heteroatoms. The maximum Gasteiger partial charge on any atom is 0.317 e. The maximum atomic E-state index is 9.54. The fourth-order valence-corrected chi connectivity index (χ4v) is 0.275. The van der Waals surface area contributed by atoms with Crippen LogP contribution >= 0.6 is 0 Å². The first-order valence-electron chi connectivity index (χ1n) is 3.32. The SMILES string of the molecule is CNCC(=O)O.NCCC(=O)O. The first kappa shape index (κ1) is 13.4. The van der Waals surface area contributed by atoms with Crippen LogP contribution in [0.3, 0.4) is 0 Å². The number of nitrogens with one attached hydrogen (secondary N) is 1. The van der Waals surface area contributed by atoms with Crippen molar-refractivity contribution in [1.82, 2.24) is 5.32 Å². The molecule has 72 valence electrons. The Morgan fingerprint density at radius 2 is 1.83 bits per heavy atom. The normalized spacial score (nSPS) is 8.17. The summed E-state index contributed by atoms with van der Waals surface area (Å²) in [6.07, 6.45) is 0.0694. The van der Waals surface area contributed by atoms with E-state index in [0.717, 1.165) is 0 Å². The minimum Gasteiger partial charge on any atom is -0.481 e. The van der Waals surface area contributed by atoms with Crippen molar-refractivity contribution in [2.75, 3.05) is 20.1 Å². The molecule has 0 fully saturated rings. The largest absolute Gasteiger partial charge is 0.481 e. The highest BCUT2D eigenvalue weighted by atomic mass is 16.4. The third-order valence-corrected chi connectivity index (χ3v) is 0.686. The average molecular weight is 178 g/mol. The molecule has 0 atom stereocenters. The van der Waals surface area contributed by atoms with Crippen LogP contribution in [0.1, 0.15) is 6.42 Å². The van der Waals surface area contributed by atoms with Gasteiger partial charge in [0.2, 0.25) is 0 Å². The second kappa shape index (κ2) is 9.86. The van der Waals surface area contributed by atoms with Crippen LogP contribution < -0.4 is 11.1 Å². The van der Waals surface area contributed by atoms with E-state index in [9.17, 15) is 9.59 Å². The Bertz CT molecular complexity index is 122. The molecule has 0 saturated carbocycles. The highest BCUT2D eigenvalue weighted by molar-refractivity contribution is 5.68. The molecule has 0 aliphatic rings. The summed E-state index contributed by atoms with van der Waals surface area (Å²) >= 11 is 0. The highest BCUT2D eigenvalue weighted by Gasteiger charge is 1.87. The molecule has 0 spiro atoms. The lowest BCUT2D eigenvalue weighted by atomic mass is 10.5. The Labute approximate surface area is 70.4 Å². The van der Waals surface area contributed by atoms with Gasteiger partial charge >= 0.3 is 11.9 Å². The minimum absolute atomic E-state index is 0.0417. The van der Waals surface area contributed by atoms with E-state index in [1.807, 2.05) is 0 Å². The highest BCUT2D eigenvalue weighted by Crippen LogP contribution is 1.67. The molecule has 0 aliphatic heterocycles. The number of carboxylic acid groups (broad SMARTS) is 2. The third kappa shape index (κ3) is 23.2. The molecular formula is C6H14N2O4. The van der Waals surface area contributed by atoms with Gasteiger partial charge in [0.1, 0.15) is 0 Å². The van der Waals surface area contributed by atoms with Gasteiger partial charge < -0.3 is 21.3 Å². The van der Waals surface area contributed by atoms with Crippen molar-refractivity contribution < 1.29 is 19.8 Å². The quantitative estimate of drug-likeness (QED) is 0.426. The van der Waals surface area contributed by atoms with E-state index in [4.69, 9.17) is 15.9 Å². The summed E-state index contributed by atoms with van der Waals surface area (Å²) in [5.74, 6) is -1.66. The summed E-state index contributed by atoms with van der Waals surface area (Å²) in [5.41, 5.74) is 4.85. The van der Waals surface area contributed by atoms with Crippen molar-refractivity contribution in [2.24, 2.45) is 5.73 Å². The van der Waals surface area contributed by atoms with Gasteiger partial charge in [-0.15, -0.1) is 0 Å². The van der Waals surface area contributed by atoms with E-state index in [1.165, 1.54) is 0 Å². The fraction of sp³-hybridized carbons (Fsp3) is 0.667. The van der Waals surface area contributed by atoms with Crippen LogP contribution in [0.5, 0.6) is 0 Å². The molecule has 0 amide bonds. The van der Waals surface area contributed by atoms with Gasteiger partial charge in [-0.2, -0.15) is 0 Å². The Balaban J connectivity index is 0. The van der Waals surface area contributed by atoms with E-state index in [2.05, 4.69) is 5.32 Å². The Morgan fingerprint density at radius 1 is 1.33 bits per heavy atom. The molecular weight excluding hydrogens is 164 g/mol. The van der Waals surface area contributed by atoms with Gasteiger partial charge in [-0.3, -0.25) is 9.59 Å². The predicted octanol–water partition coefficient (Wildman–Crippen LogP) is -1.29. The summed E-state index contributed by atoms with van der Waals surface area (Å²) in [6, 6.07) is 0. The van der Waals surface area contributed by atoms with Crippen molar-refractivity contribution in [1.29, 1.82) is 0 Å². The molecule has 6 nitrogen and oxygen atoms in total. The summed E-state index contributed by atoms with van der Waals surface area (Å²) in [6.45, 7) is 0.273. The molecule has 0 saturated heterocycles. The van der Waals surface area contributed by atoms with Crippen molar-refractivity contribution in [3.63, 3.8) is 0 Å². The lowest BCUT2D eigenvalue weighted by Crippen LogP contribution is -2.16. The molecule has 0 unspecified atom stereocenters. The van der Waals surface area contributed by atoms with Crippen LogP contribution in [0.2, 0.25) is 0 Å². The number of hydrogen-bond donors (Lipinski definition) is 4. The monoisotopic (exact) mass is 178 g/mol. The summed E-state index contributed by atoms with van der Waals surface area (Å²) in [4.78, 5) is 19.1. The number of nitrogens with two attached hydrogens (primary N) is 1. The topological polar surface area (TPSA) is 113 Å². The average Bonchev–Trinajstić information content (AvgIpc) is 1.87. The second-order valence-electron chi connectivity index (χ2n) is 1.86. The molecule has 12 heavy (non-hydrogen) atoms. The van der Waals surface area contributed by atoms with Crippen molar-refractivity contribution in [3.8, 4) is 0 Å². The number of rotatable bonds is 4. The van der Waals surface area contributed by atoms with Crippen LogP contribution in [0.4, 0.5) is 0 Å². The smallest absolute Gasteiger partial charge is 0.317 e. The van der Waals surface area contributed by atoms with Gasteiger partial charge in [0.25, 0.3) is 0 Å². The molecule has 5 N–H and O–H groups in total. The van der Waals surface area contributed by atoms with Gasteiger partial charge in [0.05, 0.1) is 13.0 Å². The van der Waals surface area contributed by atoms with E-state index in [-0.39, 0.29) is 19.5 Å². The first-order valence-corrected chi connectivity index (χ1v) is 3.32. The zero-order valence-corrected chi connectivity index (χ0v) is 6.91. The molecule has 0 rings (SSSR count). The minimum atomic E-state index is -0.836. The molecule has 0 radical (unpaired) electrons. The summed E-state index contributed by atoms with van der Waals surface area (Å²) in [7, 11) is 1.59. The molecule has 0 aliphatic carbocycles. The van der Waals surface area contributed by atoms with Gasteiger partial charge in [0.15, 0.2) is 0 Å². The van der Waals surface area contributed by atoms with E-state index >= 15 is 0 Å². The lowest BCUT2D eigenvalue weighted by molar-refractivity contribution is -0.137. The standard InChI is InChI=1S/2C3H7NO2/c1-4-2-3(5)6;4-2-1-3(5)6/h4H,2H2,1H3,(H,5,6);1-2,4H2,(H,5,6). The molecule has 0 bridgehead atoms. The number of likely N-dealkylation sites (N-methyl/N-ethyl adjacent to an activating group) is 1. The molecule has 0 aromatic heterocycles. The van der Waals surface area contributed by atoms with Crippen molar-refractivity contribution >= 4 is 11.9 Å². The lowest BCUT2D eigenvalue weighted by Gasteiger charge is -1.84. The number of carboxylic acids is 2. The van der Waals surface area contributed by atoms with E-state index in [0.29, 0.717) is 0 Å². The zero-order valence-electron chi connectivity index (χ0n) is 6.91. The van der Waals surface area contributed by atoms with Crippen LogP contribution in [-0.4, -0.2) is 42.3 Å². The van der Waals surface area contributed by atoms with Crippen molar-refractivity contribution in [3.05, 3.63) is 0 Å². The second-order valence-corrected chi connectivity index (χ2v) is 1.86. The van der Waals surface area contributed by atoms with Crippen LogP contribution in [0.15, 0.2) is 0 Å². The Morgan fingerprint density at radius 3 is 1.83 bits per heavy atom. The fourth-order valence-electron chi connectivity index (χ4n) is 0.275. The molecule has 0 heterocycles. The number of aliphatic carboxylic acids is 2. The predicted molar refractivity (Wildman–Crippen MR) is 42.9 cm³/mol. The first-order chi connectivity index (χ1) is 5.54. The summed E-state index contributed by atoms with van der Waals surface area (Å²) < 4.78 is 0.